The summed E-state index contributed by atoms with van der Waals surface area (Å²) < 4.78 is 7.37. The number of pyridine rings is 1. The first-order valence-corrected chi connectivity index (χ1v) is 8.76. The van der Waals surface area contributed by atoms with Gasteiger partial charge in [-0.05, 0) is 24.8 Å². The van der Waals surface area contributed by atoms with E-state index < -0.39 is 0 Å². The second-order valence-electron chi connectivity index (χ2n) is 6.71. The number of amides is 1. The number of hydrogen-bond acceptors (Lipinski definition) is 4. The van der Waals surface area contributed by atoms with E-state index in [1.165, 1.54) is 6.07 Å². The van der Waals surface area contributed by atoms with Gasteiger partial charge in [-0.3, -0.25) is 14.3 Å². The minimum atomic E-state index is -0.335. The summed E-state index contributed by atoms with van der Waals surface area (Å²) in [5, 5.41) is 0. The molecule has 1 saturated carbocycles. The third-order valence-electron chi connectivity index (χ3n) is 5.26. The molecule has 0 bridgehead atoms. The number of ether oxygens (including phenoxy) is 1. The lowest BCUT2D eigenvalue weighted by Crippen LogP contribution is -2.60. The van der Waals surface area contributed by atoms with Crippen LogP contribution in [-0.2, 0) is 6.61 Å². The van der Waals surface area contributed by atoms with Gasteiger partial charge in [0, 0.05) is 12.3 Å². The fraction of sp³-hybridized carbons (Fsp3) is 0.300. The predicted molar refractivity (Wildman–Crippen MR) is 98.7 cm³/mol. The van der Waals surface area contributed by atoms with Gasteiger partial charge in [-0.15, -0.1) is 6.58 Å². The van der Waals surface area contributed by atoms with E-state index in [4.69, 9.17) is 4.74 Å². The molecule has 6 nitrogen and oxygen atoms in total. The Bertz CT molecular complexity index is 900. The molecule has 0 atom stereocenters. The van der Waals surface area contributed by atoms with Crippen molar-refractivity contribution in [3.63, 3.8) is 0 Å². The molecule has 1 aliphatic heterocycles. The fourth-order valence-electron chi connectivity index (χ4n) is 3.55. The van der Waals surface area contributed by atoms with Gasteiger partial charge < -0.3 is 15.1 Å². The fourth-order valence-corrected chi connectivity index (χ4v) is 3.55. The van der Waals surface area contributed by atoms with Gasteiger partial charge in [-0.25, -0.2) is 0 Å². The second-order valence-corrected chi connectivity index (χ2v) is 6.71. The van der Waals surface area contributed by atoms with Crippen LogP contribution in [0.5, 0.6) is 5.75 Å². The smallest absolute Gasteiger partial charge is 0.278 e. The maximum absolute atomic E-state index is 13.2. The highest BCUT2D eigenvalue weighted by Gasteiger charge is 2.45. The average molecular weight is 351 g/mol. The number of nitrogens with zero attached hydrogens (tertiary/aromatic N) is 2. The van der Waals surface area contributed by atoms with Gasteiger partial charge in [0.2, 0.25) is 5.43 Å². The normalized spacial score (nSPS) is 17.7. The van der Waals surface area contributed by atoms with E-state index in [-0.39, 0.29) is 34.9 Å². The number of benzene rings is 1. The monoisotopic (exact) mass is 351 g/mol. The molecule has 1 fully saturated rings. The first kappa shape index (κ1) is 16.4. The lowest BCUT2D eigenvalue weighted by Gasteiger charge is -2.50. The molecule has 1 aliphatic carbocycles. The van der Waals surface area contributed by atoms with Crippen LogP contribution in [0.1, 0.15) is 35.3 Å². The molecule has 0 saturated heterocycles. The highest BCUT2D eigenvalue weighted by atomic mass is 16.5. The van der Waals surface area contributed by atoms with Crippen LogP contribution < -0.4 is 15.6 Å². The summed E-state index contributed by atoms with van der Waals surface area (Å²) in [5.41, 5.74) is 3.71. The number of carbonyl (C=O) groups excluding carboxylic acids is 1. The Morgan fingerprint density at radius 3 is 2.62 bits per heavy atom. The first-order valence-electron chi connectivity index (χ1n) is 8.76. The Balaban J connectivity index is 1.68. The summed E-state index contributed by atoms with van der Waals surface area (Å²) in [7, 11) is 0. The van der Waals surface area contributed by atoms with Crippen molar-refractivity contribution in [1.82, 2.24) is 9.58 Å². The van der Waals surface area contributed by atoms with Crippen molar-refractivity contribution in [3.05, 3.63) is 76.7 Å². The topological polar surface area (TPSA) is 63.6 Å². The van der Waals surface area contributed by atoms with Crippen molar-refractivity contribution in [1.29, 1.82) is 0 Å². The van der Waals surface area contributed by atoms with E-state index >= 15 is 0 Å². The molecular weight excluding hydrogens is 330 g/mol. The number of nitrogens with one attached hydrogen (secondary N) is 1. The molecular formula is C20H21N3O3. The van der Waals surface area contributed by atoms with Crippen LogP contribution in [-0.4, -0.2) is 27.7 Å². The van der Waals surface area contributed by atoms with Gasteiger partial charge in [0.15, 0.2) is 11.4 Å². The van der Waals surface area contributed by atoms with Crippen molar-refractivity contribution in [2.45, 2.75) is 31.4 Å². The molecule has 2 aliphatic rings. The van der Waals surface area contributed by atoms with E-state index in [0.717, 1.165) is 24.8 Å². The highest BCUT2D eigenvalue weighted by molar-refractivity contribution is 5.97. The number of fused-ring (bicyclic) bond motifs is 1. The molecule has 1 amide bonds. The number of aromatic nitrogens is 1. The molecule has 0 unspecified atom stereocenters. The Hall–Kier alpha value is -3.02. The third-order valence-corrected chi connectivity index (χ3v) is 5.26. The zero-order valence-corrected chi connectivity index (χ0v) is 14.5. The van der Waals surface area contributed by atoms with E-state index in [0.29, 0.717) is 6.67 Å². The standard InChI is InChI=1S/C20H21N3O3/c1-2-20(10-6-11-20)22-14-21-23-12-9-16(24)18(17(23)19(22)25)26-13-15-7-4-3-5-8-15/h2-5,7-9,12,21H,1,6,10-11,13-14H2. The summed E-state index contributed by atoms with van der Waals surface area (Å²) in [6.45, 7) is 4.52. The van der Waals surface area contributed by atoms with Crippen LogP contribution in [0.3, 0.4) is 0 Å². The summed E-state index contributed by atoms with van der Waals surface area (Å²) in [5.74, 6) is -0.124. The van der Waals surface area contributed by atoms with Crippen molar-refractivity contribution in [2.75, 3.05) is 12.1 Å². The molecule has 1 aromatic carbocycles. The van der Waals surface area contributed by atoms with Crippen LogP contribution in [0.4, 0.5) is 0 Å². The maximum Gasteiger partial charge on any atom is 0.278 e. The number of hydrogen-bond donors (Lipinski definition) is 1. The van der Waals surface area contributed by atoms with Gasteiger partial charge in [0.25, 0.3) is 5.91 Å². The molecule has 0 spiro atoms. The minimum absolute atomic E-state index is 0.0806. The zero-order valence-electron chi connectivity index (χ0n) is 14.5. The van der Waals surface area contributed by atoms with E-state index in [2.05, 4.69) is 12.0 Å². The van der Waals surface area contributed by atoms with Crippen molar-refractivity contribution in [2.24, 2.45) is 0 Å². The number of rotatable bonds is 5. The Kier molecular flexibility index (Phi) is 4.03. The largest absolute Gasteiger partial charge is 0.482 e. The molecule has 6 heteroatoms. The van der Waals surface area contributed by atoms with Gasteiger partial charge in [-0.1, -0.05) is 36.4 Å². The van der Waals surface area contributed by atoms with Gasteiger partial charge >= 0.3 is 0 Å². The van der Waals surface area contributed by atoms with Crippen LogP contribution in [0, 0.1) is 0 Å². The third kappa shape index (κ3) is 2.58. The first-order chi connectivity index (χ1) is 12.6. The van der Waals surface area contributed by atoms with Gasteiger partial charge in [0.1, 0.15) is 13.3 Å². The van der Waals surface area contributed by atoms with Crippen molar-refractivity contribution < 1.29 is 9.53 Å². The van der Waals surface area contributed by atoms with Crippen molar-refractivity contribution in [3.8, 4) is 5.75 Å². The van der Waals surface area contributed by atoms with Gasteiger partial charge in [0.05, 0.1) is 5.54 Å². The average Bonchev–Trinajstić information content (AvgIpc) is 2.63. The summed E-state index contributed by atoms with van der Waals surface area (Å²) in [6.07, 6.45) is 6.26. The quantitative estimate of drug-likeness (QED) is 0.841. The lowest BCUT2D eigenvalue weighted by molar-refractivity contribution is 0.0332. The van der Waals surface area contributed by atoms with E-state index in [9.17, 15) is 9.59 Å². The summed E-state index contributed by atoms with van der Waals surface area (Å²) >= 11 is 0. The highest BCUT2D eigenvalue weighted by Crippen LogP contribution is 2.40. The molecule has 26 heavy (non-hydrogen) atoms. The van der Waals surface area contributed by atoms with Crippen LogP contribution >= 0.6 is 0 Å². The molecule has 134 valence electrons. The second kappa shape index (κ2) is 6.37. The van der Waals surface area contributed by atoms with Crippen LogP contribution in [0.15, 0.2) is 60.0 Å². The Morgan fingerprint density at radius 2 is 1.96 bits per heavy atom. The maximum atomic E-state index is 13.2. The van der Waals surface area contributed by atoms with Crippen molar-refractivity contribution >= 4 is 5.91 Å². The van der Waals surface area contributed by atoms with Crippen LogP contribution in [0.25, 0.3) is 0 Å². The number of carbonyl (C=O) groups is 1. The van der Waals surface area contributed by atoms with E-state index in [1.54, 1.807) is 15.8 Å². The van der Waals surface area contributed by atoms with Crippen LogP contribution in [0.2, 0.25) is 0 Å². The SMILES string of the molecule is C=CC1(N2CNn3ccc(=O)c(OCc4ccccc4)c3C2=O)CCC1. The zero-order chi connectivity index (χ0) is 18.1. The summed E-state index contributed by atoms with van der Waals surface area (Å²) in [6, 6.07) is 11.0. The lowest BCUT2D eigenvalue weighted by atomic mass is 9.75. The summed E-state index contributed by atoms with van der Waals surface area (Å²) in [4.78, 5) is 27.4. The molecule has 2 heterocycles. The molecule has 1 aromatic heterocycles. The minimum Gasteiger partial charge on any atom is -0.482 e. The van der Waals surface area contributed by atoms with E-state index in [1.807, 2.05) is 36.4 Å². The molecule has 2 aromatic rings. The Labute approximate surface area is 151 Å². The molecule has 4 rings (SSSR count). The Morgan fingerprint density at radius 1 is 1.19 bits per heavy atom. The predicted octanol–water partition coefficient (Wildman–Crippen LogP) is 2.49. The molecule has 1 N–H and O–H groups in total. The van der Waals surface area contributed by atoms with Gasteiger partial charge in [-0.2, -0.15) is 0 Å². The molecule has 0 radical (unpaired) electrons.